The highest BCUT2D eigenvalue weighted by atomic mass is 32.1. The summed E-state index contributed by atoms with van der Waals surface area (Å²) in [5.41, 5.74) is 1.49. The van der Waals surface area contributed by atoms with Crippen molar-refractivity contribution in [1.82, 2.24) is 20.2 Å². The van der Waals surface area contributed by atoms with Crippen LogP contribution in [0, 0.1) is 6.92 Å². The lowest BCUT2D eigenvalue weighted by Crippen LogP contribution is -2.30. The first kappa shape index (κ1) is 16.6. The van der Waals surface area contributed by atoms with E-state index in [1.807, 2.05) is 24.0 Å². The van der Waals surface area contributed by atoms with E-state index in [0.717, 1.165) is 34.8 Å². The quantitative estimate of drug-likeness (QED) is 0.924. The van der Waals surface area contributed by atoms with Crippen molar-refractivity contribution in [3.63, 3.8) is 0 Å². The Kier molecular flexibility index (Phi) is 4.89. The van der Waals surface area contributed by atoms with Crippen molar-refractivity contribution in [2.45, 2.75) is 39.3 Å². The Balaban J connectivity index is 1.79. The molecule has 0 aliphatic carbocycles. The third kappa shape index (κ3) is 3.62. The maximum Gasteiger partial charge on any atom is 0.264 e. The van der Waals surface area contributed by atoms with Gasteiger partial charge in [-0.1, -0.05) is 0 Å². The maximum absolute atomic E-state index is 12.8. The van der Waals surface area contributed by atoms with Crippen molar-refractivity contribution in [1.29, 1.82) is 0 Å². The molecule has 3 heterocycles. The van der Waals surface area contributed by atoms with Crippen LogP contribution in [0.3, 0.4) is 0 Å². The number of hydrogen-bond acceptors (Lipinski definition) is 5. The maximum atomic E-state index is 12.8. The Morgan fingerprint density at radius 1 is 1.38 bits per heavy atom. The van der Waals surface area contributed by atoms with Crippen LogP contribution in [-0.2, 0) is 11.3 Å². The van der Waals surface area contributed by atoms with Crippen LogP contribution in [0.25, 0.3) is 0 Å². The van der Waals surface area contributed by atoms with Crippen LogP contribution in [0.4, 0.5) is 0 Å². The molecule has 1 fully saturated rings. The van der Waals surface area contributed by atoms with E-state index in [1.165, 1.54) is 18.3 Å². The zero-order valence-electron chi connectivity index (χ0n) is 13.8. The van der Waals surface area contributed by atoms with Crippen LogP contribution in [0.5, 0.6) is 0 Å². The van der Waals surface area contributed by atoms with Gasteiger partial charge in [0.05, 0.1) is 41.2 Å². The fourth-order valence-corrected chi connectivity index (χ4v) is 3.72. The summed E-state index contributed by atoms with van der Waals surface area (Å²) >= 11 is 1.52. The number of thiophene rings is 1. The van der Waals surface area contributed by atoms with Gasteiger partial charge in [-0.05, 0) is 31.9 Å². The number of carbonyl (C=O) groups excluding carboxylic acids is 2. The van der Waals surface area contributed by atoms with Crippen molar-refractivity contribution < 1.29 is 9.59 Å². The van der Waals surface area contributed by atoms with Gasteiger partial charge < -0.3 is 10.2 Å². The summed E-state index contributed by atoms with van der Waals surface area (Å²) in [4.78, 5) is 36.4. The van der Waals surface area contributed by atoms with Crippen LogP contribution in [0.2, 0.25) is 0 Å². The fraction of sp³-hybridized carbons (Fsp3) is 0.412. The summed E-state index contributed by atoms with van der Waals surface area (Å²) in [7, 11) is 0. The summed E-state index contributed by atoms with van der Waals surface area (Å²) in [6.45, 7) is 4.55. The molecule has 1 atom stereocenters. The Morgan fingerprint density at radius 2 is 2.21 bits per heavy atom. The normalized spacial score (nSPS) is 17.1. The number of aromatic nitrogens is 2. The van der Waals surface area contributed by atoms with Gasteiger partial charge in [0.1, 0.15) is 0 Å². The smallest absolute Gasteiger partial charge is 0.264 e. The van der Waals surface area contributed by atoms with Gasteiger partial charge in [0.2, 0.25) is 5.91 Å². The zero-order valence-corrected chi connectivity index (χ0v) is 14.6. The standard InChI is InChI=1S/C17H20N4O2S/c1-11-5-6-16(24-11)17(23)21-7-3-4-15(21)14-10-18-8-13(20-14)9-19-12(2)22/h5-6,8,10,15H,3-4,7,9H2,1-2H3,(H,19,22)/t15-/m1/s1. The highest BCUT2D eigenvalue weighted by molar-refractivity contribution is 7.13. The molecule has 1 aliphatic heterocycles. The highest BCUT2D eigenvalue weighted by Gasteiger charge is 2.32. The second-order valence-electron chi connectivity index (χ2n) is 5.91. The predicted molar refractivity (Wildman–Crippen MR) is 91.6 cm³/mol. The van der Waals surface area contributed by atoms with Crippen molar-refractivity contribution in [2.24, 2.45) is 0 Å². The summed E-state index contributed by atoms with van der Waals surface area (Å²) in [5.74, 6) is -0.0439. The Labute approximate surface area is 144 Å². The number of rotatable bonds is 4. The molecule has 2 aromatic rings. The molecule has 0 unspecified atom stereocenters. The molecular weight excluding hydrogens is 324 g/mol. The van der Waals surface area contributed by atoms with Crippen molar-refractivity contribution >= 4 is 23.2 Å². The largest absolute Gasteiger partial charge is 0.351 e. The number of hydrogen-bond donors (Lipinski definition) is 1. The number of amides is 2. The van der Waals surface area contributed by atoms with Gasteiger partial charge in [-0.3, -0.25) is 19.6 Å². The van der Waals surface area contributed by atoms with Crippen LogP contribution in [0.15, 0.2) is 24.5 Å². The molecule has 0 aromatic carbocycles. The Morgan fingerprint density at radius 3 is 2.92 bits per heavy atom. The predicted octanol–water partition coefficient (Wildman–Crippen LogP) is 2.46. The molecule has 1 N–H and O–H groups in total. The monoisotopic (exact) mass is 344 g/mol. The van der Waals surface area contributed by atoms with Crippen LogP contribution in [0.1, 0.15) is 51.7 Å². The van der Waals surface area contributed by atoms with E-state index >= 15 is 0 Å². The molecule has 0 saturated carbocycles. The number of nitrogens with zero attached hydrogens (tertiary/aromatic N) is 3. The van der Waals surface area contributed by atoms with Gasteiger partial charge in [0.25, 0.3) is 5.91 Å². The van der Waals surface area contributed by atoms with Crippen LogP contribution in [-0.4, -0.2) is 33.2 Å². The molecule has 0 spiro atoms. The first-order chi connectivity index (χ1) is 11.5. The molecule has 2 amide bonds. The number of likely N-dealkylation sites (tertiary alicyclic amines) is 1. The number of aryl methyl sites for hydroxylation is 1. The molecule has 126 valence electrons. The third-order valence-electron chi connectivity index (χ3n) is 4.03. The van der Waals surface area contributed by atoms with E-state index in [2.05, 4.69) is 15.3 Å². The molecule has 6 nitrogen and oxygen atoms in total. The van der Waals surface area contributed by atoms with E-state index in [-0.39, 0.29) is 17.9 Å². The molecule has 24 heavy (non-hydrogen) atoms. The molecule has 0 bridgehead atoms. The number of nitrogens with one attached hydrogen (secondary N) is 1. The summed E-state index contributed by atoms with van der Waals surface area (Å²) in [5, 5.41) is 2.72. The second-order valence-corrected chi connectivity index (χ2v) is 7.20. The Hall–Kier alpha value is -2.28. The Bertz CT molecular complexity index is 759. The van der Waals surface area contributed by atoms with Gasteiger partial charge in [-0.2, -0.15) is 0 Å². The van der Waals surface area contributed by atoms with Crippen molar-refractivity contribution in [3.05, 3.63) is 45.7 Å². The van der Waals surface area contributed by atoms with Gasteiger partial charge in [-0.25, -0.2) is 0 Å². The average molecular weight is 344 g/mol. The lowest BCUT2D eigenvalue weighted by molar-refractivity contribution is -0.119. The lowest BCUT2D eigenvalue weighted by Gasteiger charge is -2.23. The molecule has 7 heteroatoms. The van der Waals surface area contributed by atoms with E-state index < -0.39 is 0 Å². The molecule has 1 saturated heterocycles. The lowest BCUT2D eigenvalue weighted by atomic mass is 10.1. The van der Waals surface area contributed by atoms with Gasteiger partial charge in [0.15, 0.2) is 0 Å². The molecular formula is C17H20N4O2S. The second kappa shape index (κ2) is 7.09. The van der Waals surface area contributed by atoms with Gasteiger partial charge in [-0.15, -0.1) is 11.3 Å². The van der Waals surface area contributed by atoms with E-state index in [4.69, 9.17) is 0 Å². The van der Waals surface area contributed by atoms with E-state index in [1.54, 1.807) is 12.4 Å². The van der Waals surface area contributed by atoms with Gasteiger partial charge >= 0.3 is 0 Å². The minimum absolute atomic E-state index is 0.0512. The van der Waals surface area contributed by atoms with Crippen molar-refractivity contribution in [2.75, 3.05) is 6.54 Å². The van der Waals surface area contributed by atoms with Crippen molar-refractivity contribution in [3.8, 4) is 0 Å². The zero-order chi connectivity index (χ0) is 17.1. The molecule has 2 aromatic heterocycles. The summed E-state index contributed by atoms with van der Waals surface area (Å²) in [6.07, 6.45) is 5.20. The highest BCUT2D eigenvalue weighted by Crippen LogP contribution is 2.33. The molecule has 3 rings (SSSR count). The fourth-order valence-electron chi connectivity index (χ4n) is 2.89. The van der Waals surface area contributed by atoms with E-state index in [0.29, 0.717) is 12.2 Å². The van der Waals surface area contributed by atoms with E-state index in [9.17, 15) is 9.59 Å². The first-order valence-electron chi connectivity index (χ1n) is 7.97. The first-order valence-corrected chi connectivity index (χ1v) is 8.79. The van der Waals surface area contributed by atoms with Crippen LogP contribution < -0.4 is 5.32 Å². The third-order valence-corrected chi connectivity index (χ3v) is 5.02. The topological polar surface area (TPSA) is 75.2 Å². The summed E-state index contributed by atoms with van der Waals surface area (Å²) < 4.78 is 0. The van der Waals surface area contributed by atoms with Gasteiger partial charge in [0, 0.05) is 18.3 Å². The van der Waals surface area contributed by atoms with Crippen LogP contribution >= 0.6 is 11.3 Å². The number of carbonyl (C=O) groups is 2. The minimum atomic E-state index is -0.104. The summed E-state index contributed by atoms with van der Waals surface area (Å²) in [6, 6.07) is 3.80. The molecule has 1 aliphatic rings. The molecule has 0 radical (unpaired) electrons. The average Bonchev–Trinajstić information content (AvgIpc) is 3.21. The minimum Gasteiger partial charge on any atom is -0.351 e. The SMILES string of the molecule is CC(=O)NCc1cncc([C@H]2CCCN2C(=O)c2ccc(C)s2)n1.